The van der Waals surface area contributed by atoms with Crippen molar-refractivity contribution in [1.82, 2.24) is 15.5 Å². The Kier molecular flexibility index (Phi) is 9.03. The van der Waals surface area contributed by atoms with E-state index in [2.05, 4.69) is 15.6 Å². The van der Waals surface area contributed by atoms with Crippen LogP contribution in [0.1, 0.15) is 53.9 Å². The fourth-order valence-corrected chi connectivity index (χ4v) is 2.79. The minimum absolute atomic E-state index is 0.0804. The van der Waals surface area contributed by atoms with Gasteiger partial charge in [-0.05, 0) is 53.9 Å². The fourth-order valence-electron chi connectivity index (χ4n) is 2.79. The number of ether oxygens (including phenoxy) is 2. The van der Waals surface area contributed by atoms with Crippen LogP contribution >= 0.6 is 0 Å². The van der Waals surface area contributed by atoms with E-state index in [1.54, 1.807) is 7.11 Å². The molecule has 0 bridgehead atoms. The molecule has 0 aromatic rings. The Hall–Kier alpha value is -1.50. The SMILES string of the molecule is CCNC(=NCC1CCCCN1C(=O)OC(C)(C)C)NC(C)COC. The predicted octanol–water partition coefficient (Wildman–Crippen LogP) is 2.37. The highest BCUT2D eigenvalue weighted by molar-refractivity contribution is 5.80. The Morgan fingerprint density at radius 3 is 2.68 bits per heavy atom. The van der Waals surface area contributed by atoms with Crippen molar-refractivity contribution in [3.63, 3.8) is 0 Å². The number of rotatable bonds is 6. The topological polar surface area (TPSA) is 75.2 Å². The van der Waals surface area contributed by atoms with Gasteiger partial charge >= 0.3 is 6.09 Å². The van der Waals surface area contributed by atoms with E-state index < -0.39 is 5.60 Å². The van der Waals surface area contributed by atoms with E-state index in [-0.39, 0.29) is 18.2 Å². The largest absolute Gasteiger partial charge is 0.444 e. The van der Waals surface area contributed by atoms with E-state index in [1.807, 2.05) is 39.5 Å². The van der Waals surface area contributed by atoms with E-state index in [9.17, 15) is 4.79 Å². The number of aliphatic imine (C=N–C) groups is 1. The van der Waals surface area contributed by atoms with E-state index in [4.69, 9.17) is 9.47 Å². The first-order chi connectivity index (χ1) is 11.8. The van der Waals surface area contributed by atoms with Crippen LogP contribution in [-0.4, -0.2) is 68.0 Å². The first kappa shape index (κ1) is 21.5. The Morgan fingerprint density at radius 1 is 1.36 bits per heavy atom. The van der Waals surface area contributed by atoms with Crippen molar-refractivity contribution in [2.75, 3.05) is 33.4 Å². The van der Waals surface area contributed by atoms with Gasteiger partial charge in [-0.2, -0.15) is 0 Å². The summed E-state index contributed by atoms with van der Waals surface area (Å²) < 4.78 is 10.7. The van der Waals surface area contributed by atoms with Gasteiger partial charge in [-0.1, -0.05) is 0 Å². The number of hydrogen-bond donors (Lipinski definition) is 2. The fraction of sp³-hybridized carbons (Fsp3) is 0.889. The van der Waals surface area contributed by atoms with Crippen LogP contribution in [-0.2, 0) is 9.47 Å². The van der Waals surface area contributed by atoms with Gasteiger partial charge in [-0.25, -0.2) is 4.79 Å². The molecule has 0 saturated carbocycles. The van der Waals surface area contributed by atoms with Gasteiger partial charge in [0.05, 0.1) is 19.2 Å². The number of hydrogen-bond acceptors (Lipinski definition) is 4. The van der Waals surface area contributed by atoms with E-state index in [1.165, 1.54) is 0 Å². The molecule has 0 aromatic carbocycles. The summed E-state index contributed by atoms with van der Waals surface area (Å²) in [6.07, 6.45) is 2.85. The quantitative estimate of drug-likeness (QED) is 0.564. The number of nitrogens with one attached hydrogen (secondary N) is 2. The van der Waals surface area contributed by atoms with E-state index in [0.29, 0.717) is 13.2 Å². The normalized spacial score (nSPS) is 20.2. The van der Waals surface area contributed by atoms with Crippen LogP contribution in [0.4, 0.5) is 4.79 Å². The lowest BCUT2D eigenvalue weighted by Gasteiger charge is -2.36. The van der Waals surface area contributed by atoms with Crippen LogP contribution in [0, 0.1) is 0 Å². The Balaban J connectivity index is 2.71. The number of piperidine rings is 1. The molecule has 0 aromatic heterocycles. The Bertz CT molecular complexity index is 435. The smallest absolute Gasteiger partial charge is 0.410 e. The lowest BCUT2D eigenvalue weighted by atomic mass is 10.0. The van der Waals surface area contributed by atoms with Crippen LogP contribution in [0.5, 0.6) is 0 Å². The Morgan fingerprint density at radius 2 is 2.08 bits per heavy atom. The number of carbonyl (C=O) groups is 1. The van der Waals surface area contributed by atoms with Crippen molar-refractivity contribution in [2.24, 2.45) is 4.99 Å². The van der Waals surface area contributed by atoms with Gasteiger partial charge in [-0.3, -0.25) is 4.99 Å². The van der Waals surface area contributed by atoms with Crippen molar-refractivity contribution < 1.29 is 14.3 Å². The standard InChI is InChI=1S/C18H36N4O3/c1-7-19-16(21-14(2)13-24-6)20-12-15-10-8-9-11-22(15)17(23)25-18(3,4)5/h14-15H,7-13H2,1-6H3,(H2,19,20,21). The predicted molar refractivity (Wildman–Crippen MR) is 101 cm³/mol. The molecular formula is C18H36N4O3. The maximum Gasteiger partial charge on any atom is 0.410 e. The minimum Gasteiger partial charge on any atom is -0.444 e. The molecule has 1 fully saturated rings. The molecule has 0 spiro atoms. The van der Waals surface area contributed by atoms with Gasteiger partial charge in [0.2, 0.25) is 0 Å². The lowest BCUT2D eigenvalue weighted by Crippen LogP contribution is -2.49. The molecule has 2 N–H and O–H groups in total. The number of likely N-dealkylation sites (tertiary alicyclic amines) is 1. The summed E-state index contributed by atoms with van der Waals surface area (Å²) in [6.45, 7) is 12.5. The Labute approximate surface area is 152 Å². The summed E-state index contributed by atoms with van der Waals surface area (Å²) in [6, 6.07) is 0.243. The van der Waals surface area contributed by atoms with Gasteiger partial charge in [0.25, 0.3) is 0 Å². The summed E-state index contributed by atoms with van der Waals surface area (Å²) in [5.41, 5.74) is -0.478. The number of methoxy groups -OCH3 is 1. The summed E-state index contributed by atoms with van der Waals surface area (Å²) in [5.74, 6) is 0.752. The number of nitrogens with zero attached hydrogens (tertiary/aromatic N) is 2. The second kappa shape index (κ2) is 10.5. The maximum absolute atomic E-state index is 12.5. The molecule has 1 saturated heterocycles. The summed E-state index contributed by atoms with van der Waals surface area (Å²) in [5, 5.41) is 6.56. The van der Waals surface area contributed by atoms with Crippen LogP contribution in [0.3, 0.4) is 0 Å². The maximum atomic E-state index is 12.5. The number of guanidine groups is 1. The lowest BCUT2D eigenvalue weighted by molar-refractivity contribution is 0.0109. The minimum atomic E-state index is -0.478. The van der Waals surface area contributed by atoms with Gasteiger partial charge in [0.1, 0.15) is 5.60 Å². The summed E-state index contributed by atoms with van der Waals surface area (Å²) in [7, 11) is 1.68. The highest BCUT2D eigenvalue weighted by atomic mass is 16.6. The molecule has 2 unspecified atom stereocenters. The highest BCUT2D eigenvalue weighted by Crippen LogP contribution is 2.20. The molecule has 1 amide bonds. The molecule has 1 aliphatic rings. The molecule has 1 aliphatic heterocycles. The van der Waals surface area contributed by atoms with Crippen molar-refractivity contribution in [3.05, 3.63) is 0 Å². The monoisotopic (exact) mass is 356 g/mol. The zero-order valence-electron chi connectivity index (χ0n) is 16.7. The van der Waals surface area contributed by atoms with Gasteiger partial charge in [-0.15, -0.1) is 0 Å². The first-order valence-electron chi connectivity index (χ1n) is 9.30. The number of carbonyl (C=O) groups excluding carboxylic acids is 1. The highest BCUT2D eigenvalue weighted by Gasteiger charge is 2.30. The van der Waals surface area contributed by atoms with Crippen molar-refractivity contribution >= 4 is 12.1 Å². The van der Waals surface area contributed by atoms with Crippen LogP contribution < -0.4 is 10.6 Å². The molecule has 7 heteroatoms. The average molecular weight is 357 g/mol. The average Bonchev–Trinajstić information content (AvgIpc) is 2.51. The second-order valence-electron chi connectivity index (χ2n) is 7.54. The van der Waals surface area contributed by atoms with Crippen LogP contribution in [0.15, 0.2) is 4.99 Å². The summed E-state index contributed by atoms with van der Waals surface area (Å²) >= 11 is 0. The molecule has 1 rings (SSSR count). The van der Waals surface area contributed by atoms with Gasteiger partial charge in [0, 0.05) is 26.2 Å². The third-order valence-corrected chi connectivity index (χ3v) is 3.86. The zero-order valence-corrected chi connectivity index (χ0v) is 16.7. The molecule has 1 heterocycles. The number of amides is 1. The third kappa shape index (κ3) is 8.43. The molecule has 7 nitrogen and oxygen atoms in total. The zero-order chi connectivity index (χ0) is 18.9. The molecule has 0 radical (unpaired) electrons. The first-order valence-corrected chi connectivity index (χ1v) is 9.30. The molecule has 2 atom stereocenters. The van der Waals surface area contributed by atoms with Crippen molar-refractivity contribution in [2.45, 2.75) is 71.6 Å². The second-order valence-corrected chi connectivity index (χ2v) is 7.54. The summed E-state index contributed by atoms with van der Waals surface area (Å²) in [4.78, 5) is 19.0. The van der Waals surface area contributed by atoms with Crippen molar-refractivity contribution in [1.29, 1.82) is 0 Å². The molecule has 146 valence electrons. The molecular weight excluding hydrogens is 320 g/mol. The van der Waals surface area contributed by atoms with Crippen molar-refractivity contribution in [3.8, 4) is 0 Å². The molecule has 25 heavy (non-hydrogen) atoms. The van der Waals surface area contributed by atoms with E-state index >= 15 is 0 Å². The molecule has 0 aliphatic carbocycles. The van der Waals surface area contributed by atoms with Crippen LogP contribution in [0.2, 0.25) is 0 Å². The van der Waals surface area contributed by atoms with Gasteiger partial charge in [0.15, 0.2) is 5.96 Å². The van der Waals surface area contributed by atoms with Gasteiger partial charge < -0.3 is 25.0 Å². The van der Waals surface area contributed by atoms with Crippen LogP contribution in [0.25, 0.3) is 0 Å². The van der Waals surface area contributed by atoms with E-state index in [0.717, 1.165) is 38.3 Å². The third-order valence-electron chi connectivity index (χ3n) is 3.86.